The predicted octanol–water partition coefficient (Wildman–Crippen LogP) is 3.18. The van der Waals surface area contributed by atoms with Gasteiger partial charge in [-0.05, 0) is 13.0 Å². The van der Waals surface area contributed by atoms with Crippen molar-refractivity contribution in [3.8, 4) is 11.3 Å². The number of hydrogen-bond donors (Lipinski definition) is 1. The van der Waals surface area contributed by atoms with Gasteiger partial charge in [0.05, 0.1) is 22.3 Å². The van der Waals surface area contributed by atoms with Crippen molar-refractivity contribution in [1.29, 1.82) is 0 Å². The highest BCUT2D eigenvalue weighted by Crippen LogP contribution is 2.27. The number of amides is 1. The van der Waals surface area contributed by atoms with Gasteiger partial charge in [-0.25, -0.2) is 4.98 Å². The Balaban J connectivity index is 1.83. The molecular weight excluding hydrogens is 318 g/mol. The molecule has 1 aromatic carbocycles. The summed E-state index contributed by atoms with van der Waals surface area (Å²) in [5.74, 6) is 0.197. The lowest BCUT2D eigenvalue weighted by Gasteiger charge is -2.07. The van der Waals surface area contributed by atoms with E-state index in [-0.39, 0.29) is 5.91 Å². The Morgan fingerprint density at radius 1 is 1.20 bits per heavy atom. The Morgan fingerprint density at radius 3 is 2.72 bits per heavy atom. The van der Waals surface area contributed by atoms with Crippen LogP contribution in [0.2, 0.25) is 0 Å². The van der Waals surface area contributed by atoms with Crippen LogP contribution in [-0.2, 0) is 7.05 Å². The Hall–Kier alpha value is -3.48. The molecule has 0 saturated carbocycles. The molecule has 0 unspecified atom stereocenters. The quantitative estimate of drug-likeness (QED) is 0.622. The van der Waals surface area contributed by atoms with Crippen LogP contribution in [-0.4, -0.2) is 25.8 Å². The number of benzene rings is 1. The number of anilines is 1. The Bertz CT molecular complexity index is 1070. The van der Waals surface area contributed by atoms with Crippen molar-refractivity contribution in [2.45, 2.75) is 6.92 Å². The Kier molecular flexibility index (Phi) is 3.53. The van der Waals surface area contributed by atoms with Gasteiger partial charge in [0.2, 0.25) is 0 Å². The SMILES string of the molecule is Cc1noc2nc(-c3ccccc3)cc(C(=O)Nc3ccn(C)n3)c12. The summed E-state index contributed by atoms with van der Waals surface area (Å²) in [7, 11) is 1.79. The molecule has 4 aromatic rings. The van der Waals surface area contributed by atoms with Crippen LogP contribution in [0.5, 0.6) is 0 Å². The number of pyridine rings is 1. The summed E-state index contributed by atoms with van der Waals surface area (Å²) < 4.78 is 6.92. The number of aryl methyl sites for hydroxylation is 2. The second-order valence-corrected chi connectivity index (χ2v) is 5.70. The van der Waals surface area contributed by atoms with E-state index in [2.05, 4.69) is 20.6 Å². The highest BCUT2D eigenvalue weighted by atomic mass is 16.5. The minimum atomic E-state index is -0.283. The Morgan fingerprint density at radius 2 is 2.00 bits per heavy atom. The number of nitrogens with zero attached hydrogens (tertiary/aromatic N) is 4. The van der Waals surface area contributed by atoms with Gasteiger partial charge in [0, 0.05) is 24.9 Å². The van der Waals surface area contributed by atoms with Crippen LogP contribution in [0, 0.1) is 6.92 Å². The first-order valence-corrected chi connectivity index (χ1v) is 7.75. The first kappa shape index (κ1) is 15.1. The number of carbonyl (C=O) groups is 1. The summed E-state index contributed by atoms with van der Waals surface area (Å²) >= 11 is 0. The van der Waals surface area contributed by atoms with Gasteiger partial charge >= 0.3 is 0 Å². The van der Waals surface area contributed by atoms with Crippen LogP contribution in [0.1, 0.15) is 16.1 Å². The van der Waals surface area contributed by atoms with E-state index in [9.17, 15) is 4.79 Å². The zero-order valence-electron chi connectivity index (χ0n) is 13.7. The second kappa shape index (κ2) is 5.86. The van der Waals surface area contributed by atoms with Crippen LogP contribution in [0.25, 0.3) is 22.4 Å². The molecule has 0 fully saturated rings. The van der Waals surface area contributed by atoms with E-state index in [0.29, 0.717) is 33.9 Å². The van der Waals surface area contributed by atoms with Crippen LogP contribution >= 0.6 is 0 Å². The zero-order chi connectivity index (χ0) is 17.4. The fraction of sp³-hybridized carbons (Fsp3) is 0.111. The molecule has 0 radical (unpaired) electrons. The van der Waals surface area contributed by atoms with Gasteiger partial charge in [0.1, 0.15) is 0 Å². The van der Waals surface area contributed by atoms with Crippen molar-refractivity contribution in [2.75, 3.05) is 5.32 Å². The number of fused-ring (bicyclic) bond motifs is 1. The summed E-state index contributed by atoms with van der Waals surface area (Å²) in [6, 6.07) is 13.1. The molecule has 0 spiro atoms. The first-order valence-electron chi connectivity index (χ1n) is 7.75. The van der Waals surface area contributed by atoms with Crippen LogP contribution < -0.4 is 5.32 Å². The lowest BCUT2D eigenvalue weighted by Crippen LogP contribution is -2.13. The molecule has 0 aliphatic rings. The molecule has 0 aliphatic heterocycles. The molecular formula is C18H15N5O2. The van der Waals surface area contributed by atoms with Crippen molar-refractivity contribution in [3.63, 3.8) is 0 Å². The molecule has 0 bridgehead atoms. The van der Waals surface area contributed by atoms with Crippen molar-refractivity contribution in [3.05, 3.63) is 59.9 Å². The van der Waals surface area contributed by atoms with Crippen molar-refractivity contribution >= 4 is 22.8 Å². The molecule has 1 N–H and O–H groups in total. The van der Waals surface area contributed by atoms with E-state index >= 15 is 0 Å². The maximum Gasteiger partial charge on any atom is 0.259 e. The number of nitrogens with one attached hydrogen (secondary N) is 1. The topological polar surface area (TPSA) is 85.8 Å². The van der Waals surface area contributed by atoms with E-state index in [1.165, 1.54) is 0 Å². The smallest absolute Gasteiger partial charge is 0.259 e. The van der Waals surface area contributed by atoms with Gasteiger partial charge in [0.25, 0.3) is 11.6 Å². The highest BCUT2D eigenvalue weighted by Gasteiger charge is 2.20. The third kappa shape index (κ3) is 2.76. The lowest BCUT2D eigenvalue weighted by molar-refractivity contribution is 0.102. The predicted molar refractivity (Wildman–Crippen MR) is 93.1 cm³/mol. The van der Waals surface area contributed by atoms with E-state index < -0.39 is 0 Å². The van der Waals surface area contributed by atoms with Crippen LogP contribution in [0.4, 0.5) is 5.82 Å². The summed E-state index contributed by atoms with van der Waals surface area (Å²) in [5.41, 5.74) is 2.95. The number of carbonyl (C=O) groups excluding carboxylic acids is 1. The number of aromatic nitrogens is 4. The van der Waals surface area contributed by atoms with Gasteiger partial charge in [-0.1, -0.05) is 35.5 Å². The molecule has 3 heterocycles. The molecule has 0 atom stereocenters. The average Bonchev–Trinajstić information content (AvgIpc) is 3.20. The monoisotopic (exact) mass is 333 g/mol. The van der Waals surface area contributed by atoms with E-state index in [4.69, 9.17) is 4.52 Å². The van der Waals surface area contributed by atoms with Gasteiger partial charge < -0.3 is 9.84 Å². The van der Waals surface area contributed by atoms with Gasteiger partial charge in [-0.15, -0.1) is 0 Å². The molecule has 0 saturated heterocycles. The summed E-state index contributed by atoms with van der Waals surface area (Å²) in [6.07, 6.45) is 1.76. The molecule has 3 aromatic heterocycles. The maximum absolute atomic E-state index is 12.8. The Labute approximate surface area is 143 Å². The molecule has 1 amide bonds. The fourth-order valence-corrected chi connectivity index (χ4v) is 2.70. The van der Waals surface area contributed by atoms with E-state index in [1.54, 1.807) is 37.0 Å². The van der Waals surface area contributed by atoms with Crippen molar-refractivity contribution in [2.24, 2.45) is 7.05 Å². The normalized spacial score (nSPS) is 11.0. The standard InChI is InChI=1S/C18H15N5O2/c1-11-16-13(17(24)20-15-8-9-23(2)21-15)10-14(19-18(16)25-22-11)12-6-4-3-5-7-12/h3-10H,1-2H3,(H,20,21,24). The van der Waals surface area contributed by atoms with E-state index in [1.807, 2.05) is 30.3 Å². The van der Waals surface area contributed by atoms with Gasteiger partial charge in [-0.3, -0.25) is 9.48 Å². The van der Waals surface area contributed by atoms with Crippen molar-refractivity contribution < 1.29 is 9.32 Å². The van der Waals surface area contributed by atoms with Gasteiger partial charge in [-0.2, -0.15) is 5.10 Å². The summed E-state index contributed by atoms with van der Waals surface area (Å²) in [6.45, 7) is 1.78. The second-order valence-electron chi connectivity index (χ2n) is 5.70. The average molecular weight is 333 g/mol. The van der Waals surface area contributed by atoms with Gasteiger partial charge in [0.15, 0.2) is 5.82 Å². The van der Waals surface area contributed by atoms with Crippen LogP contribution in [0.15, 0.2) is 53.2 Å². The van der Waals surface area contributed by atoms with E-state index in [0.717, 1.165) is 5.56 Å². The highest BCUT2D eigenvalue weighted by molar-refractivity contribution is 6.12. The minimum Gasteiger partial charge on any atom is -0.335 e. The molecule has 7 nitrogen and oxygen atoms in total. The number of hydrogen-bond acceptors (Lipinski definition) is 5. The number of rotatable bonds is 3. The minimum absolute atomic E-state index is 0.283. The third-order valence-electron chi connectivity index (χ3n) is 3.89. The van der Waals surface area contributed by atoms with Crippen molar-refractivity contribution in [1.82, 2.24) is 19.9 Å². The lowest BCUT2D eigenvalue weighted by atomic mass is 10.1. The summed E-state index contributed by atoms with van der Waals surface area (Å²) in [4.78, 5) is 17.3. The van der Waals surface area contributed by atoms with Crippen LogP contribution in [0.3, 0.4) is 0 Å². The molecule has 124 valence electrons. The fourth-order valence-electron chi connectivity index (χ4n) is 2.70. The third-order valence-corrected chi connectivity index (χ3v) is 3.89. The molecule has 0 aliphatic carbocycles. The molecule has 7 heteroatoms. The zero-order valence-corrected chi connectivity index (χ0v) is 13.7. The summed E-state index contributed by atoms with van der Waals surface area (Å²) in [5, 5.41) is 11.5. The first-order chi connectivity index (χ1) is 12.1. The molecule has 4 rings (SSSR count). The molecule has 25 heavy (non-hydrogen) atoms. The largest absolute Gasteiger partial charge is 0.335 e. The maximum atomic E-state index is 12.8.